The first-order chi connectivity index (χ1) is 17.4. The van der Waals surface area contributed by atoms with Crippen LogP contribution in [0.15, 0.2) is 23.1 Å². The lowest BCUT2D eigenvalue weighted by atomic mass is 9.91. The molecule has 2 fully saturated rings. The van der Waals surface area contributed by atoms with E-state index in [9.17, 15) is 19.8 Å². The van der Waals surface area contributed by atoms with Gasteiger partial charge in [-0.15, -0.1) is 0 Å². The number of anilines is 1. The lowest BCUT2D eigenvalue weighted by Crippen LogP contribution is -2.44. The number of hydrogen-bond acceptors (Lipinski definition) is 11. The van der Waals surface area contributed by atoms with Gasteiger partial charge in [-0.25, -0.2) is 15.0 Å². The smallest absolute Gasteiger partial charge is 0.293 e. The van der Waals surface area contributed by atoms with E-state index in [2.05, 4.69) is 37.3 Å². The molecule has 0 unspecified atom stereocenters. The third kappa shape index (κ3) is 4.13. The third-order valence-electron chi connectivity index (χ3n) is 6.34. The zero-order chi connectivity index (χ0) is 25.4. The van der Waals surface area contributed by atoms with Gasteiger partial charge >= 0.3 is 0 Å². The van der Waals surface area contributed by atoms with E-state index in [1.54, 1.807) is 4.90 Å². The molecule has 4 atom stereocenters. The van der Waals surface area contributed by atoms with Crippen molar-refractivity contribution in [1.82, 2.24) is 34.9 Å². The average molecular weight is 496 g/mol. The fraction of sp³-hybridized carbons (Fsp3) is 0.455. The highest BCUT2D eigenvalue weighted by molar-refractivity contribution is 5.91. The van der Waals surface area contributed by atoms with E-state index in [1.165, 1.54) is 30.2 Å². The van der Waals surface area contributed by atoms with Crippen LogP contribution in [0.25, 0.3) is 11.2 Å². The predicted octanol–water partition coefficient (Wildman–Crippen LogP) is -1.19. The van der Waals surface area contributed by atoms with E-state index in [4.69, 9.17) is 15.0 Å². The van der Waals surface area contributed by atoms with Crippen molar-refractivity contribution in [2.24, 2.45) is 0 Å². The molecule has 2 amide bonds. The first kappa shape index (κ1) is 23.7. The number of ether oxygens (including phenoxy) is 1. The quantitative estimate of drug-likeness (QED) is 0.310. The van der Waals surface area contributed by atoms with Gasteiger partial charge in [-0.05, 0) is 25.2 Å². The SMILES string of the molecule is CNC(=O)[C@H]1O[C@@H](n2cnc3c(N)nc(C#CCN(C(=O)c4ccno4)C4CCC4)nc32)[C@H](O)[C@H]1O. The van der Waals surface area contributed by atoms with Gasteiger partial charge in [0, 0.05) is 19.2 Å². The monoisotopic (exact) mass is 496 g/mol. The molecular formula is C22H24N8O6. The number of nitrogens with two attached hydrogens (primary N) is 1. The van der Waals surface area contributed by atoms with Crippen molar-refractivity contribution in [1.29, 1.82) is 0 Å². The van der Waals surface area contributed by atoms with Gasteiger partial charge in [0.25, 0.3) is 11.8 Å². The largest absolute Gasteiger partial charge is 0.387 e. The molecule has 14 nitrogen and oxygen atoms in total. The topological polar surface area (TPSA) is 195 Å². The molecule has 0 spiro atoms. The number of carbonyl (C=O) groups excluding carboxylic acids is 2. The molecule has 3 aromatic heterocycles. The molecule has 5 N–H and O–H groups in total. The number of amides is 2. The van der Waals surface area contributed by atoms with E-state index >= 15 is 0 Å². The Labute approximate surface area is 204 Å². The molecule has 2 aliphatic rings. The number of nitrogen functional groups attached to an aromatic ring is 1. The average Bonchev–Trinajstić information content (AvgIpc) is 3.57. The van der Waals surface area contributed by atoms with Crippen LogP contribution in [0.3, 0.4) is 0 Å². The maximum absolute atomic E-state index is 12.8. The van der Waals surface area contributed by atoms with Gasteiger partial charge in [-0.1, -0.05) is 11.1 Å². The summed E-state index contributed by atoms with van der Waals surface area (Å²) in [4.78, 5) is 39.2. The summed E-state index contributed by atoms with van der Waals surface area (Å²) in [5.41, 5.74) is 6.50. The maximum Gasteiger partial charge on any atom is 0.293 e. The molecule has 5 rings (SSSR count). The molecule has 0 bridgehead atoms. The van der Waals surface area contributed by atoms with Gasteiger partial charge in [0.2, 0.25) is 11.6 Å². The highest BCUT2D eigenvalue weighted by Gasteiger charge is 2.47. The van der Waals surface area contributed by atoms with Gasteiger partial charge in [0.1, 0.15) is 17.7 Å². The Kier molecular flexibility index (Phi) is 6.27. The van der Waals surface area contributed by atoms with Crippen molar-refractivity contribution in [3.8, 4) is 11.8 Å². The zero-order valence-electron chi connectivity index (χ0n) is 19.2. The number of aliphatic hydroxyl groups excluding tert-OH is 2. The number of aromatic nitrogens is 5. The Morgan fingerprint density at radius 3 is 2.78 bits per heavy atom. The molecule has 188 valence electrons. The van der Waals surface area contributed by atoms with Crippen LogP contribution in [-0.4, -0.2) is 89.5 Å². The number of fused-ring (bicyclic) bond motifs is 1. The van der Waals surface area contributed by atoms with Crippen LogP contribution in [0.2, 0.25) is 0 Å². The summed E-state index contributed by atoms with van der Waals surface area (Å²) in [7, 11) is 1.40. The van der Waals surface area contributed by atoms with E-state index in [0.717, 1.165) is 19.3 Å². The summed E-state index contributed by atoms with van der Waals surface area (Å²) in [6.07, 6.45) is 0.233. The minimum absolute atomic E-state index is 0.0486. The number of imidazole rings is 1. The molecule has 14 heteroatoms. The second-order valence-corrected chi connectivity index (χ2v) is 8.50. The Balaban J connectivity index is 1.41. The standard InChI is InChI=1S/C22H24N8O6/c1-24-20(33)17-15(31)16(32)22(35-17)30-10-25-14-18(23)27-13(28-19(14)30)6-3-9-29(11-4-2-5-11)21(34)12-7-8-26-36-12/h7-8,10-11,15-17,22,31-32H,2,4-5,9H2,1H3,(H,24,33)(H2,23,27,28)/t15-,16-,17+,22-/m1/s1. The molecule has 1 aliphatic carbocycles. The van der Waals surface area contributed by atoms with E-state index in [1.807, 2.05) is 0 Å². The first-order valence-electron chi connectivity index (χ1n) is 11.3. The number of hydrogen-bond donors (Lipinski definition) is 4. The summed E-state index contributed by atoms with van der Waals surface area (Å²) < 4.78 is 12.0. The van der Waals surface area contributed by atoms with E-state index in [-0.39, 0.29) is 47.1 Å². The number of nitrogens with one attached hydrogen (secondary N) is 1. The molecule has 1 aliphatic heterocycles. The molecule has 1 saturated carbocycles. The molecule has 3 aromatic rings. The van der Waals surface area contributed by atoms with Gasteiger partial charge in [0.15, 0.2) is 23.8 Å². The number of nitrogens with zero attached hydrogens (tertiary/aromatic N) is 6. The highest BCUT2D eigenvalue weighted by Crippen LogP contribution is 2.32. The second kappa shape index (κ2) is 9.53. The summed E-state index contributed by atoms with van der Waals surface area (Å²) in [5.74, 6) is 5.13. The second-order valence-electron chi connectivity index (χ2n) is 8.50. The Hall–Kier alpha value is -4.06. The number of rotatable bonds is 5. The zero-order valence-corrected chi connectivity index (χ0v) is 19.2. The minimum Gasteiger partial charge on any atom is -0.387 e. The lowest BCUT2D eigenvalue weighted by molar-refractivity contribution is -0.137. The Bertz CT molecular complexity index is 1340. The van der Waals surface area contributed by atoms with Crippen molar-refractivity contribution < 1.29 is 29.1 Å². The van der Waals surface area contributed by atoms with E-state index < -0.39 is 30.4 Å². The highest BCUT2D eigenvalue weighted by atomic mass is 16.6. The van der Waals surface area contributed by atoms with Crippen LogP contribution in [0.1, 0.15) is 41.9 Å². The van der Waals surface area contributed by atoms with Gasteiger partial charge < -0.3 is 35.4 Å². The third-order valence-corrected chi connectivity index (χ3v) is 6.34. The number of aliphatic hydroxyl groups is 2. The molecule has 0 radical (unpaired) electrons. The molecule has 0 aromatic carbocycles. The predicted molar refractivity (Wildman–Crippen MR) is 122 cm³/mol. The van der Waals surface area contributed by atoms with Crippen molar-refractivity contribution in [2.75, 3.05) is 19.3 Å². The molecular weight excluding hydrogens is 472 g/mol. The van der Waals surface area contributed by atoms with Crippen LogP contribution in [-0.2, 0) is 9.53 Å². The fourth-order valence-corrected chi connectivity index (χ4v) is 4.17. The number of carbonyl (C=O) groups is 2. The van der Waals surface area contributed by atoms with Crippen molar-refractivity contribution in [3.05, 3.63) is 30.2 Å². The molecule has 36 heavy (non-hydrogen) atoms. The fourth-order valence-electron chi connectivity index (χ4n) is 4.17. The first-order valence-corrected chi connectivity index (χ1v) is 11.3. The molecule has 4 heterocycles. The van der Waals surface area contributed by atoms with Crippen LogP contribution >= 0.6 is 0 Å². The minimum atomic E-state index is -1.45. The Morgan fingerprint density at radius 1 is 1.31 bits per heavy atom. The van der Waals surface area contributed by atoms with Gasteiger partial charge in [-0.3, -0.25) is 14.2 Å². The van der Waals surface area contributed by atoms with Crippen molar-refractivity contribution in [2.45, 2.75) is 49.8 Å². The summed E-state index contributed by atoms with van der Waals surface area (Å²) in [6, 6.07) is 1.57. The van der Waals surface area contributed by atoms with Crippen molar-refractivity contribution >= 4 is 28.8 Å². The van der Waals surface area contributed by atoms with Gasteiger partial charge in [0.05, 0.1) is 19.1 Å². The van der Waals surface area contributed by atoms with Crippen LogP contribution in [0, 0.1) is 11.8 Å². The van der Waals surface area contributed by atoms with Crippen LogP contribution in [0.5, 0.6) is 0 Å². The molecule has 1 saturated heterocycles. The van der Waals surface area contributed by atoms with Crippen molar-refractivity contribution in [3.63, 3.8) is 0 Å². The Morgan fingerprint density at radius 2 is 2.11 bits per heavy atom. The summed E-state index contributed by atoms with van der Waals surface area (Å²) in [6.45, 7) is 0.120. The normalized spacial score (nSPS) is 23.6. The maximum atomic E-state index is 12.8. The van der Waals surface area contributed by atoms with Crippen LogP contribution < -0.4 is 11.1 Å². The summed E-state index contributed by atoms with van der Waals surface area (Å²) >= 11 is 0. The van der Waals surface area contributed by atoms with E-state index in [0.29, 0.717) is 0 Å². The lowest BCUT2D eigenvalue weighted by Gasteiger charge is -2.35. The van der Waals surface area contributed by atoms with Crippen LogP contribution in [0.4, 0.5) is 5.82 Å². The summed E-state index contributed by atoms with van der Waals surface area (Å²) in [5, 5.41) is 26.7. The number of likely N-dealkylation sites (N-methyl/N-ethyl adjacent to an activating group) is 1. The van der Waals surface area contributed by atoms with Gasteiger partial charge in [-0.2, -0.15) is 0 Å².